The average molecular weight is 451 g/mol. The van der Waals surface area contributed by atoms with Gasteiger partial charge in [0.25, 0.3) is 0 Å². The van der Waals surface area contributed by atoms with Crippen LogP contribution in [0.4, 0.5) is 4.79 Å². The summed E-state index contributed by atoms with van der Waals surface area (Å²) >= 11 is 5.83. The molecular formula is C20H19ClN2O6S. The molecule has 0 aliphatic carbocycles. The number of hydrogen-bond acceptors (Lipinski definition) is 6. The fourth-order valence-corrected chi connectivity index (χ4v) is 4.50. The highest BCUT2D eigenvalue weighted by molar-refractivity contribution is 7.91. The number of halogens is 1. The van der Waals surface area contributed by atoms with Crippen LogP contribution in [0.3, 0.4) is 0 Å². The fourth-order valence-electron chi connectivity index (χ4n) is 3.04. The number of ether oxygens (including phenoxy) is 2. The third-order valence-corrected chi connectivity index (χ3v) is 6.43. The van der Waals surface area contributed by atoms with E-state index in [2.05, 4.69) is 10.6 Å². The molecule has 0 aromatic heterocycles. The minimum Gasteiger partial charge on any atom is -0.497 e. The standard InChI is InChI=1S/C20H19ClN2O6S/c1-28-14-7-3-12(4-8-14)18-17(19(24)29-2)16(22-20(25)23-18)11-30(26,27)15-9-5-13(21)6-10-15/h3-10,18H,11H2,1-2H3,(H2,22,23,25). The van der Waals surface area contributed by atoms with Gasteiger partial charge >= 0.3 is 12.0 Å². The largest absolute Gasteiger partial charge is 0.497 e. The Morgan fingerprint density at radius 3 is 2.27 bits per heavy atom. The highest BCUT2D eigenvalue weighted by Gasteiger charge is 2.35. The molecule has 0 saturated heterocycles. The van der Waals surface area contributed by atoms with Crippen LogP contribution < -0.4 is 15.4 Å². The SMILES string of the molecule is COC(=O)C1=C(CS(=O)(=O)c2ccc(Cl)cc2)NC(=O)NC1c1ccc(OC)cc1. The summed E-state index contributed by atoms with van der Waals surface area (Å²) in [6.07, 6.45) is 0. The van der Waals surface area contributed by atoms with Gasteiger partial charge in [-0.2, -0.15) is 0 Å². The van der Waals surface area contributed by atoms with Gasteiger partial charge in [-0.05, 0) is 42.0 Å². The lowest BCUT2D eigenvalue weighted by Gasteiger charge is -2.29. The number of carbonyl (C=O) groups is 2. The molecular weight excluding hydrogens is 432 g/mol. The van der Waals surface area contributed by atoms with Gasteiger partial charge in [0.2, 0.25) is 0 Å². The van der Waals surface area contributed by atoms with Crippen LogP contribution in [-0.4, -0.2) is 40.4 Å². The van der Waals surface area contributed by atoms with Crippen molar-refractivity contribution in [2.75, 3.05) is 20.0 Å². The quantitative estimate of drug-likeness (QED) is 0.654. The Balaban J connectivity index is 2.06. The molecule has 1 unspecified atom stereocenters. The summed E-state index contributed by atoms with van der Waals surface area (Å²) in [4.78, 5) is 24.8. The Labute approximate surface area is 178 Å². The summed E-state index contributed by atoms with van der Waals surface area (Å²) < 4.78 is 35.8. The number of esters is 1. The topological polar surface area (TPSA) is 111 Å². The molecule has 1 aliphatic heterocycles. The van der Waals surface area contributed by atoms with Crippen LogP contribution in [0.5, 0.6) is 5.75 Å². The average Bonchev–Trinajstić information content (AvgIpc) is 2.73. The summed E-state index contributed by atoms with van der Waals surface area (Å²) in [7, 11) is -1.18. The molecule has 0 saturated carbocycles. The minimum absolute atomic E-state index is 0.000180. The smallest absolute Gasteiger partial charge is 0.338 e. The number of nitrogens with one attached hydrogen (secondary N) is 2. The maximum absolute atomic E-state index is 12.9. The van der Waals surface area contributed by atoms with Gasteiger partial charge in [0.15, 0.2) is 9.84 Å². The first kappa shape index (κ1) is 21.7. The van der Waals surface area contributed by atoms with Gasteiger partial charge in [-0.15, -0.1) is 0 Å². The number of methoxy groups -OCH3 is 2. The van der Waals surface area contributed by atoms with E-state index < -0.39 is 33.6 Å². The van der Waals surface area contributed by atoms with Crippen molar-refractivity contribution in [3.63, 3.8) is 0 Å². The van der Waals surface area contributed by atoms with Crippen LogP contribution in [0.1, 0.15) is 11.6 Å². The van der Waals surface area contributed by atoms with Crippen LogP contribution >= 0.6 is 11.6 Å². The predicted molar refractivity (Wildman–Crippen MR) is 110 cm³/mol. The first-order chi connectivity index (χ1) is 14.2. The van der Waals surface area contributed by atoms with Gasteiger partial charge in [-0.25, -0.2) is 18.0 Å². The summed E-state index contributed by atoms with van der Waals surface area (Å²) in [6.45, 7) is 0. The van der Waals surface area contributed by atoms with E-state index in [1.807, 2.05) is 0 Å². The summed E-state index contributed by atoms with van der Waals surface area (Å²) in [6, 6.07) is 10.8. The van der Waals surface area contributed by atoms with E-state index in [0.29, 0.717) is 16.3 Å². The molecule has 2 aromatic carbocycles. The molecule has 2 N–H and O–H groups in total. The lowest BCUT2D eigenvalue weighted by molar-refractivity contribution is -0.136. The molecule has 0 fully saturated rings. The molecule has 8 nitrogen and oxygen atoms in total. The highest BCUT2D eigenvalue weighted by atomic mass is 35.5. The van der Waals surface area contributed by atoms with E-state index in [4.69, 9.17) is 21.1 Å². The van der Waals surface area contributed by atoms with Crippen molar-refractivity contribution >= 4 is 33.4 Å². The Morgan fingerprint density at radius 2 is 1.70 bits per heavy atom. The summed E-state index contributed by atoms with van der Waals surface area (Å²) in [5, 5.41) is 5.46. The highest BCUT2D eigenvalue weighted by Crippen LogP contribution is 2.30. The van der Waals surface area contributed by atoms with Gasteiger partial charge in [-0.3, -0.25) is 0 Å². The zero-order valence-electron chi connectivity index (χ0n) is 16.1. The molecule has 158 valence electrons. The van der Waals surface area contributed by atoms with Crippen LogP contribution in [0.2, 0.25) is 5.02 Å². The first-order valence-corrected chi connectivity index (χ1v) is 10.8. The zero-order chi connectivity index (χ0) is 21.9. The summed E-state index contributed by atoms with van der Waals surface area (Å²) in [5.74, 6) is -0.767. The van der Waals surface area contributed by atoms with Crippen LogP contribution in [-0.2, 0) is 19.4 Å². The van der Waals surface area contributed by atoms with Crippen molar-refractivity contribution in [1.29, 1.82) is 0 Å². The van der Waals surface area contributed by atoms with Crippen molar-refractivity contribution in [3.8, 4) is 5.75 Å². The number of rotatable bonds is 6. The van der Waals surface area contributed by atoms with Crippen molar-refractivity contribution in [3.05, 3.63) is 70.4 Å². The molecule has 2 amide bonds. The number of sulfone groups is 1. The van der Waals surface area contributed by atoms with Gasteiger partial charge in [-0.1, -0.05) is 23.7 Å². The maximum atomic E-state index is 12.9. The van der Waals surface area contributed by atoms with Crippen molar-refractivity contribution in [1.82, 2.24) is 10.6 Å². The number of benzene rings is 2. The van der Waals surface area contributed by atoms with Gasteiger partial charge in [0.05, 0.1) is 36.5 Å². The molecule has 1 atom stereocenters. The monoisotopic (exact) mass is 450 g/mol. The lowest BCUT2D eigenvalue weighted by atomic mass is 9.95. The molecule has 2 aromatic rings. The Bertz CT molecular complexity index is 1100. The Hall–Kier alpha value is -3.04. The second-order valence-electron chi connectivity index (χ2n) is 6.40. The maximum Gasteiger partial charge on any atom is 0.338 e. The van der Waals surface area contributed by atoms with Crippen molar-refractivity contribution < 1.29 is 27.5 Å². The van der Waals surface area contributed by atoms with Crippen LogP contribution in [0.15, 0.2) is 64.7 Å². The van der Waals surface area contributed by atoms with Crippen LogP contribution in [0, 0.1) is 0 Å². The molecule has 3 rings (SSSR count). The molecule has 1 heterocycles. The Morgan fingerprint density at radius 1 is 1.07 bits per heavy atom. The van der Waals surface area contributed by atoms with E-state index in [9.17, 15) is 18.0 Å². The number of urea groups is 1. The van der Waals surface area contributed by atoms with E-state index in [1.54, 1.807) is 24.3 Å². The molecule has 0 radical (unpaired) electrons. The Kier molecular flexibility index (Phi) is 6.33. The molecule has 1 aliphatic rings. The third kappa shape index (κ3) is 4.58. The number of amides is 2. The minimum atomic E-state index is -3.88. The second-order valence-corrected chi connectivity index (χ2v) is 8.83. The molecule has 10 heteroatoms. The van der Waals surface area contributed by atoms with Gasteiger partial charge < -0.3 is 20.1 Å². The van der Waals surface area contributed by atoms with E-state index in [1.165, 1.54) is 38.5 Å². The first-order valence-electron chi connectivity index (χ1n) is 8.76. The zero-order valence-corrected chi connectivity index (χ0v) is 17.7. The lowest BCUT2D eigenvalue weighted by Crippen LogP contribution is -2.47. The van der Waals surface area contributed by atoms with Crippen LogP contribution in [0.25, 0.3) is 0 Å². The summed E-state index contributed by atoms with van der Waals surface area (Å²) in [5.41, 5.74) is 0.508. The third-order valence-electron chi connectivity index (χ3n) is 4.52. The van der Waals surface area contributed by atoms with E-state index in [0.717, 1.165) is 0 Å². The fraction of sp³-hybridized carbons (Fsp3) is 0.200. The molecule has 0 spiro atoms. The number of carbonyl (C=O) groups excluding carboxylic acids is 2. The molecule has 0 bridgehead atoms. The van der Waals surface area contributed by atoms with Gasteiger partial charge in [0.1, 0.15) is 5.75 Å². The predicted octanol–water partition coefficient (Wildman–Crippen LogP) is 2.60. The van der Waals surface area contributed by atoms with Gasteiger partial charge in [0, 0.05) is 10.7 Å². The van der Waals surface area contributed by atoms with E-state index in [-0.39, 0.29) is 16.2 Å². The number of hydrogen-bond donors (Lipinski definition) is 2. The van der Waals surface area contributed by atoms with E-state index >= 15 is 0 Å². The second kappa shape index (κ2) is 8.76. The van der Waals surface area contributed by atoms with Crippen molar-refractivity contribution in [2.24, 2.45) is 0 Å². The normalized spacial score (nSPS) is 16.5. The molecule has 30 heavy (non-hydrogen) atoms. The van der Waals surface area contributed by atoms with Crippen molar-refractivity contribution in [2.45, 2.75) is 10.9 Å².